The molecule has 200 valence electrons. The van der Waals surface area contributed by atoms with Crippen LogP contribution in [0.5, 0.6) is 0 Å². The highest BCUT2D eigenvalue weighted by molar-refractivity contribution is 5.93. The summed E-state index contributed by atoms with van der Waals surface area (Å²) in [5.74, 6) is 0.458. The second-order valence-corrected chi connectivity index (χ2v) is 8.53. The van der Waals surface area contributed by atoms with Crippen molar-refractivity contribution >= 4 is 22.4 Å². The van der Waals surface area contributed by atoms with E-state index in [0.29, 0.717) is 24.1 Å². The number of hydrogen-bond donors (Lipinski definition) is 1. The van der Waals surface area contributed by atoms with Gasteiger partial charge in [-0.3, -0.25) is 4.98 Å². The predicted molar refractivity (Wildman–Crippen MR) is 129 cm³/mol. The average molecular weight is 536 g/mol. The van der Waals surface area contributed by atoms with E-state index in [9.17, 15) is 26.3 Å². The second-order valence-electron chi connectivity index (χ2n) is 8.53. The molecule has 4 aromatic rings. The molecular formula is C25H22F6N6O. The summed E-state index contributed by atoms with van der Waals surface area (Å²) in [5.41, 5.74) is -1.49. The van der Waals surface area contributed by atoms with Gasteiger partial charge in [-0.25, -0.2) is 15.0 Å². The predicted octanol–water partition coefficient (Wildman–Crippen LogP) is 5.95. The number of aromatic nitrogens is 4. The van der Waals surface area contributed by atoms with E-state index in [0.717, 1.165) is 18.3 Å². The number of anilines is 2. The van der Waals surface area contributed by atoms with Crippen molar-refractivity contribution in [1.29, 1.82) is 0 Å². The standard InChI is InChI=1S/C25H22F6N6O/c1-37(2)10-11-38-14-21-35-19-12-15(22-18(24(26,27)28)4-3-9-32-22)5-7-17(19)23(36-21)34-16-6-8-20(33-13-16)25(29,30)31/h3-9,12-13H,10-11,14H2,1-2H3,(H,34,35,36). The van der Waals surface area contributed by atoms with E-state index in [1.165, 1.54) is 36.5 Å². The van der Waals surface area contributed by atoms with Gasteiger partial charge in [0.15, 0.2) is 5.82 Å². The van der Waals surface area contributed by atoms with Gasteiger partial charge in [-0.1, -0.05) is 6.07 Å². The zero-order valence-electron chi connectivity index (χ0n) is 20.2. The van der Waals surface area contributed by atoms with Gasteiger partial charge in [-0.2, -0.15) is 26.3 Å². The Kier molecular flexibility index (Phi) is 7.78. The fourth-order valence-corrected chi connectivity index (χ4v) is 3.53. The fraction of sp³-hybridized carbons (Fsp3) is 0.280. The number of fused-ring (bicyclic) bond motifs is 1. The molecule has 0 aliphatic carbocycles. The Morgan fingerprint density at radius 3 is 2.37 bits per heavy atom. The topological polar surface area (TPSA) is 76.1 Å². The monoisotopic (exact) mass is 536 g/mol. The summed E-state index contributed by atoms with van der Waals surface area (Å²) in [6, 6.07) is 8.61. The molecule has 0 aliphatic rings. The first-order chi connectivity index (χ1) is 17.9. The molecule has 13 heteroatoms. The highest BCUT2D eigenvalue weighted by atomic mass is 19.4. The van der Waals surface area contributed by atoms with Crippen LogP contribution in [0.2, 0.25) is 0 Å². The number of nitrogens with one attached hydrogen (secondary N) is 1. The second kappa shape index (κ2) is 10.9. The summed E-state index contributed by atoms with van der Waals surface area (Å²) in [4.78, 5) is 18.2. The van der Waals surface area contributed by atoms with Gasteiger partial charge in [0.25, 0.3) is 0 Å². The number of nitrogens with zero attached hydrogens (tertiary/aromatic N) is 5. The first kappa shape index (κ1) is 27.2. The zero-order chi connectivity index (χ0) is 27.5. The normalized spacial score (nSPS) is 12.3. The maximum absolute atomic E-state index is 13.6. The molecule has 7 nitrogen and oxygen atoms in total. The van der Waals surface area contributed by atoms with Crippen molar-refractivity contribution in [2.45, 2.75) is 19.0 Å². The van der Waals surface area contributed by atoms with Crippen molar-refractivity contribution in [1.82, 2.24) is 24.8 Å². The lowest BCUT2D eigenvalue weighted by Gasteiger charge is -2.15. The molecule has 0 radical (unpaired) electrons. The number of benzene rings is 1. The summed E-state index contributed by atoms with van der Waals surface area (Å²) in [7, 11) is 3.76. The van der Waals surface area contributed by atoms with Crippen LogP contribution in [0.25, 0.3) is 22.2 Å². The molecule has 0 fully saturated rings. The number of alkyl halides is 6. The smallest absolute Gasteiger partial charge is 0.372 e. The molecule has 3 aromatic heterocycles. The van der Waals surface area contributed by atoms with Crippen LogP contribution in [-0.4, -0.2) is 52.1 Å². The molecule has 0 aliphatic heterocycles. The van der Waals surface area contributed by atoms with E-state index in [4.69, 9.17) is 4.74 Å². The molecule has 3 heterocycles. The number of halogens is 6. The largest absolute Gasteiger partial charge is 0.433 e. The van der Waals surface area contributed by atoms with E-state index < -0.39 is 23.6 Å². The van der Waals surface area contributed by atoms with Crippen LogP contribution in [0.1, 0.15) is 17.1 Å². The van der Waals surface area contributed by atoms with Crippen LogP contribution in [-0.2, 0) is 23.7 Å². The van der Waals surface area contributed by atoms with Crippen molar-refractivity contribution in [3.63, 3.8) is 0 Å². The highest BCUT2D eigenvalue weighted by Gasteiger charge is 2.34. The molecule has 1 N–H and O–H groups in total. The number of pyridine rings is 2. The molecule has 0 saturated heterocycles. The number of likely N-dealkylation sites (N-methyl/N-ethyl adjacent to an activating group) is 1. The minimum Gasteiger partial charge on any atom is -0.372 e. The minimum atomic E-state index is -4.61. The quantitative estimate of drug-likeness (QED) is 0.220. The Balaban J connectivity index is 1.74. The van der Waals surface area contributed by atoms with Crippen molar-refractivity contribution in [2.24, 2.45) is 0 Å². The lowest BCUT2D eigenvalue weighted by Crippen LogP contribution is -2.18. The van der Waals surface area contributed by atoms with E-state index in [1.54, 1.807) is 0 Å². The Hall–Kier alpha value is -3.84. The number of rotatable bonds is 8. The van der Waals surface area contributed by atoms with E-state index in [-0.39, 0.29) is 35.2 Å². The van der Waals surface area contributed by atoms with Gasteiger partial charge in [-0.05, 0) is 50.5 Å². The Bertz CT molecular complexity index is 1410. The van der Waals surface area contributed by atoms with Crippen LogP contribution >= 0.6 is 0 Å². The van der Waals surface area contributed by atoms with Gasteiger partial charge in [0.2, 0.25) is 0 Å². The van der Waals surface area contributed by atoms with Crippen molar-refractivity contribution in [3.05, 3.63) is 71.9 Å². The Morgan fingerprint density at radius 2 is 1.71 bits per heavy atom. The average Bonchev–Trinajstić information content (AvgIpc) is 2.85. The molecule has 0 bridgehead atoms. The van der Waals surface area contributed by atoms with E-state index in [2.05, 4.69) is 25.3 Å². The van der Waals surface area contributed by atoms with Crippen LogP contribution in [0.15, 0.2) is 54.9 Å². The van der Waals surface area contributed by atoms with Crippen LogP contribution in [0.4, 0.5) is 37.8 Å². The van der Waals surface area contributed by atoms with Crippen LogP contribution in [0, 0.1) is 0 Å². The molecular weight excluding hydrogens is 514 g/mol. The molecule has 1 aromatic carbocycles. The maximum atomic E-state index is 13.6. The van der Waals surface area contributed by atoms with Gasteiger partial charge in [0.1, 0.15) is 18.1 Å². The van der Waals surface area contributed by atoms with Gasteiger partial charge >= 0.3 is 12.4 Å². The minimum absolute atomic E-state index is 0.00529. The molecule has 0 atom stereocenters. The van der Waals surface area contributed by atoms with Gasteiger partial charge in [-0.15, -0.1) is 0 Å². The van der Waals surface area contributed by atoms with Crippen molar-refractivity contribution < 1.29 is 31.1 Å². The molecule has 0 amide bonds. The van der Waals surface area contributed by atoms with Gasteiger partial charge < -0.3 is 15.0 Å². The Morgan fingerprint density at radius 1 is 0.921 bits per heavy atom. The molecule has 0 unspecified atom stereocenters. The fourth-order valence-electron chi connectivity index (χ4n) is 3.53. The number of hydrogen-bond acceptors (Lipinski definition) is 7. The molecule has 0 saturated carbocycles. The van der Waals surface area contributed by atoms with Crippen LogP contribution < -0.4 is 5.32 Å². The van der Waals surface area contributed by atoms with Crippen molar-refractivity contribution in [3.8, 4) is 11.3 Å². The van der Waals surface area contributed by atoms with Crippen LogP contribution in [0.3, 0.4) is 0 Å². The first-order valence-electron chi connectivity index (χ1n) is 11.3. The third-order valence-corrected chi connectivity index (χ3v) is 5.36. The summed E-state index contributed by atoms with van der Waals surface area (Å²) in [5, 5.41) is 3.36. The molecule has 4 rings (SSSR count). The third kappa shape index (κ3) is 6.53. The molecule has 38 heavy (non-hydrogen) atoms. The first-order valence-corrected chi connectivity index (χ1v) is 11.3. The van der Waals surface area contributed by atoms with Crippen molar-refractivity contribution in [2.75, 3.05) is 32.6 Å². The molecule has 0 spiro atoms. The highest BCUT2D eigenvalue weighted by Crippen LogP contribution is 2.37. The van der Waals surface area contributed by atoms with Gasteiger partial charge in [0, 0.05) is 23.7 Å². The van der Waals surface area contributed by atoms with E-state index >= 15 is 0 Å². The Labute approximate surface area is 213 Å². The number of ether oxygens (including phenoxy) is 1. The summed E-state index contributed by atoms with van der Waals surface area (Å²) >= 11 is 0. The lowest BCUT2D eigenvalue weighted by atomic mass is 10.0. The summed E-state index contributed by atoms with van der Waals surface area (Å²) in [6.45, 7) is 1.02. The van der Waals surface area contributed by atoms with E-state index in [1.807, 2.05) is 19.0 Å². The summed E-state index contributed by atoms with van der Waals surface area (Å²) in [6.07, 6.45) is -6.92. The zero-order valence-corrected chi connectivity index (χ0v) is 20.2. The van der Waals surface area contributed by atoms with Gasteiger partial charge in [0.05, 0.1) is 35.3 Å². The lowest BCUT2D eigenvalue weighted by molar-refractivity contribution is -0.141. The SMILES string of the molecule is CN(C)CCOCc1nc(Nc2ccc(C(F)(F)F)nc2)c2ccc(-c3ncccc3C(F)(F)F)cc2n1. The summed E-state index contributed by atoms with van der Waals surface area (Å²) < 4.78 is 85.0. The third-order valence-electron chi connectivity index (χ3n) is 5.36. The maximum Gasteiger partial charge on any atom is 0.433 e.